The number of aromatic nitrogens is 4. The van der Waals surface area contributed by atoms with Crippen LogP contribution in [-0.2, 0) is 19.2 Å². The number of nitrogens with two attached hydrogens (primary N) is 2. The minimum atomic E-state index is -4.13. The zero-order valence-corrected chi connectivity index (χ0v) is 13.4. The average Bonchev–Trinajstić information content (AvgIpc) is 3.06. The summed E-state index contributed by atoms with van der Waals surface area (Å²) in [4.78, 5) is 8.00. The Morgan fingerprint density at radius 1 is 1.50 bits per heavy atom. The third-order valence-corrected chi connectivity index (χ3v) is 4.02. The van der Waals surface area contributed by atoms with Crippen molar-refractivity contribution >= 4 is 27.2 Å². The molecule has 5 N–H and O–H groups in total. The van der Waals surface area contributed by atoms with Crippen LogP contribution in [0.4, 0.5) is 5.82 Å². The summed E-state index contributed by atoms with van der Waals surface area (Å²) in [6.07, 6.45) is -1.17. The number of hydrogen-bond acceptors (Lipinski definition) is 10. The van der Waals surface area contributed by atoms with E-state index in [1.54, 1.807) is 0 Å². The lowest BCUT2D eigenvalue weighted by Gasteiger charge is -2.14. The minimum absolute atomic E-state index is 0.141. The molecule has 1 aliphatic rings. The largest absolute Gasteiger partial charge is 0.479 e. The second-order valence-electron chi connectivity index (χ2n) is 5.12. The van der Waals surface area contributed by atoms with E-state index in [0.717, 1.165) is 0 Å². The Balaban J connectivity index is 1.88. The maximum Gasteiger partial charge on any atom is 0.333 e. The molecular formula is C11H16N6O6S. The van der Waals surface area contributed by atoms with Crippen LogP contribution in [0.3, 0.4) is 0 Å². The molecule has 1 aliphatic heterocycles. The summed E-state index contributed by atoms with van der Waals surface area (Å²) in [5, 5.41) is 19.4. The molecule has 1 fully saturated rings. The lowest BCUT2D eigenvalue weighted by molar-refractivity contribution is -0.0414. The SMILES string of the molecule is COc1nn([C@H]2C[C@@H](O)[C@@H](COS(N)(=O)=O)O2)c2ncnc(N)c12. The molecule has 0 aliphatic carbocycles. The second kappa shape index (κ2) is 6.10. The van der Waals surface area contributed by atoms with E-state index in [9.17, 15) is 13.5 Å². The van der Waals surface area contributed by atoms with Gasteiger partial charge in [-0.05, 0) is 0 Å². The Hall–Kier alpha value is -2.06. The molecule has 132 valence electrons. The number of fused-ring (bicyclic) bond motifs is 1. The van der Waals surface area contributed by atoms with E-state index in [4.69, 9.17) is 20.3 Å². The molecule has 3 heterocycles. The Morgan fingerprint density at radius 3 is 2.92 bits per heavy atom. The number of rotatable bonds is 5. The molecule has 2 aromatic heterocycles. The van der Waals surface area contributed by atoms with E-state index in [-0.39, 0.29) is 18.1 Å². The van der Waals surface area contributed by atoms with Crippen molar-refractivity contribution in [3.05, 3.63) is 6.33 Å². The first kappa shape index (κ1) is 16.8. The monoisotopic (exact) mass is 360 g/mol. The fraction of sp³-hybridized carbons (Fsp3) is 0.545. The Labute approximate surface area is 136 Å². The summed E-state index contributed by atoms with van der Waals surface area (Å²) in [6.45, 7) is -0.413. The van der Waals surface area contributed by atoms with Crippen LogP contribution >= 0.6 is 0 Å². The highest BCUT2D eigenvalue weighted by atomic mass is 32.2. The maximum absolute atomic E-state index is 10.9. The molecular weight excluding hydrogens is 344 g/mol. The maximum atomic E-state index is 10.9. The van der Waals surface area contributed by atoms with Gasteiger partial charge in [0.25, 0.3) is 0 Å². The Morgan fingerprint density at radius 2 is 2.25 bits per heavy atom. The Kier molecular flexibility index (Phi) is 4.27. The van der Waals surface area contributed by atoms with Crippen LogP contribution < -0.4 is 15.6 Å². The van der Waals surface area contributed by atoms with Gasteiger partial charge in [-0.3, -0.25) is 4.18 Å². The molecule has 0 amide bonds. The van der Waals surface area contributed by atoms with Gasteiger partial charge in [-0.1, -0.05) is 0 Å². The van der Waals surface area contributed by atoms with Crippen LogP contribution in [0.2, 0.25) is 0 Å². The first-order valence-electron chi connectivity index (χ1n) is 6.83. The molecule has 0 spiro atoms. The standard InChI is InChI=1S/C11H16N6O6S/c1-21-11-8-9(12)14-4-15-10(8)17(16-11)7-2-5(18)6(23-7)3-22-24(13,19)20/h4-7,18H,2-3H2,1H3,(H2,12,14,15)(H2,13,19,20)/t5-,6-,7-/m1/s1. The van der Waals surface area contributed by atoms with Gasteiger partial charge in [0.1, 0.15) is 23.6 Å². The smallest absolute Gasteiger partial charge is 0.333 e. The van der Waals surface area contributed by atoms with Crippen LogP contribution in [0.15, 0.2) is 6.33 Å². The summed E-state index contributed by atoms with van der Waals surface area (Å²) in [5.41, 5.74) is 6.18. The van der Waals surface area contributed by atoms with Crippen molar-refractivity contribution in [3.63, 3.8) is 0 Å². The van der Waals surface area contributed by atoms with E-state index in [0.29, 0.717) is 11.0 Å². The van der Waals surface area contributed by atoms with Gasteiger partial charge in [0, 0.05) is 6.42 Å². The lowest BCUT2D eigenvalue weighted by atomic mass is 10.2. The van der Waals surface area contributed by atoms with Crippen LogP contribution in [0, 0.1) is 0 Å². The van der Waals surface area contributed by atoms with E-state index < -0.39 is 35.3 Å². The number of aliphatic hydroxyl groups is 1. The zero-order valence-electron chi connectivity index (χ0n) is 12.6. The topological polar surface area (TPSA) is 178 Å². The molecule has 0 aromatic carbocycles. The first-order chi connectivity index (χ1) is 11.3. The van der Waals surface area contributed by atoms with Crippen LogP contribution in [-0.4, -0.2) is 59.2 Å². The van der Waals surface area contributed by atoms with Gasteiger partial charge in [-0.15, -0.1) is 5.10 Å². The molecule has 2 aromatic rings. The van der Waals surface area contributed by atoms with Crippen molar-refractivity contribution in [2.45, 2.75) is 24.9 Å². The molecule has 0 bridgehead atoms. The molecule has 0 unspecified atom stereocenters. The third kappa shape index (κ3) is 3.11. The van der Waals surface area contributed by atoms with Gasteiger partial charge in [-0.2, -0.15) is 8.42 Å². The second-order valence-corrected chi connectivity index (χ2v) is 6.34. The molecule has 3 atom stereocenters. The molecule has 13 heteroatoms. The lowest BCUT2D eigenvalue weighted by Crippen LogP contribution is -2.30. The molecule has 0 radical (unpaired) electrons. The summed E-state index contributed by atoms with van der Waals surface area (Å²) < 4.78 is 38.3. The predicted molar refractivity (Wildman–Crippen MR) is 79.9 cm³/mol. The predicted octanol–water partition coefficient (Wildman–Crippen LogP) is -1.71. The number of aliphatic hydroxyl groups excluding tert-OH is 1. The molecule has 3 rings (SSSR count). The first-order valence-corrected chi connectivity index (χ1v) is 8.30. The number of nitrogens with zero attached hydrogens (tertiary/aromatic N) is 4. The van der Waals surface area contributed by atoms with Crippen LogP contribution in [0.25, 0.3) is 11.0 Å². The van der Waals surface area contributed by atoms with E-state index in [1.807, 2.05) is 0 Å². The summed E-state index contributed by atoms with van der Waals surface area (Å²) in [5.74, 6) is 0.404. The fourth-order valence-corrected chi connectivity index (χ4v) is 2.81. The molecule has 12 nitrogen and oxygen atoms in total. The Bertz CT molecular complexity index is 854. The number of ether oxygens (including phenoxy) is 2. The van der Waals surface area contributed by atoms with Gasteiger partial charge >= 0.3 is 10.3 Å². The van der Waals surface area contributed by atoms with Gasteiger partial charge in [0.15, 0.2) is 11.9 Å². The van der Waals surface area contributed by atoms with Crippen molar-refractivity contribution < 1.29 is 27.2 Å². The fourth-order valence-electron chi connectivity index (χ4n) is 2.48. The normalized spacial score (nSPS) is 24.5. The minimum Gasteiger partial charge on any atom is -0.479 e. The van der Waals surface area contributed by atoms with E-state index >= 15 is 0 Å². The average molecular weight is 360 g/mol. The quantitative estimate of drug-likeness (QED) is 0.555. The third-order valence-electron chi connectivity index (χ3n) is 3.55. The van der Waals surface area contributed by atoms with Gasteiger partial charge in [-0.25, -0.2) is 19.8 Å². The highest BCUT2D eigenvalue weighted by molar-refractivity contribution is 7.84. The molecule has 24 heavy (non-hydrogen) atoms. The summed E-state index contributed by atoms with van der Waals surface area (Å²) in [6, 6.07) is 0. The van der Waals surface area contributed by atoms with Crippen molar-refractivity contribution in [1.82, 2.24) is 19.7 Å². The van der Waals surface area contributed by atoms with Crippen LogP contribution in [0.5, 0.6) is 5.88 Å². The summed E-state index contributed by atoms with van der Waals surface area (Å²) >= 11 is 0. The number of methoxy groups -OCH3 is 1. The van der Waals surface area contributed by atoms with Crippen molar-refractivity contribution in [2.24, 2.45) is 5.14 Å². The van der Waals surface area contributed by atoms with Crippen molar-refractivity contribution in [2.75, 3.05) is 19.5 Å². The highest BCUT2D eigenvalue weighted by Crippen LogP contribution is 2.34. The number of nitrogen functional groups attached to an aromatic ring is 1. The van der Waals surface area contributed by atoms with Crippen molar-refractivity contribution in [1.29, 1.82) is 0 Å². The van der Waals surface area contributed by atoms with Gasteiger partial charge in [0.05, 0.1) is 19.8 Å². The molecule has 0 saturated carbocycles. The van der Waals surface area contributed by atoms with Gasteiger partial charge < -0.3 is 20.3 Å². The van der Waals surface area contributed by atoms with Crippen molar-refractivity contribution in [3.8, 4) is 5.88 Å². The summed E-state index contributed by atoms with van der Waals surface area (Å²) in [7, 11) is -2.71. The van der Waals surface area contributed by atoms with Crippen LogP contribution in [0.1, 0.15) is 12.6 Å². The number of hydrogen-bond donors (Lipinski definition) is 3. The van der Waals surface area contributed by atoms with Gasteiger partial charge in [0.2, 0.25) is 5.88 Å². The van der Waals surface area contributed by atoms with E-state index in [1.165, 1.54) is 18.1 Å². The number of anilines is 1. The van der Waals surface area contributed by atoms with E-state index in [2.05, 4.69) is 19.2 Å². The zero-order chi connectivity index (χ0) is 17.5. The molecule has 1 saturated heterocycles. The highest BCUT2D eigenvalue weighted by Gasteiger charge is 2.38.